The first kappa shape index (κ1) is 64.3. The van der Waals surface area contributed by atoms with E-state index in [4.69, 9.17) is 5.73 Å². The van der Waals surface area contributed by atoms with Crippen LogP contribution in [0.1, 0.15) is 119 Å². The van der Waals surface area contributed by atoms with Gasteiger partial charge in [0.1, 0.15) is 18.1 Å². The molecule has 424 valence electrons. The Morgan fingerprint density at radius 1 is 0.753 bits per heavy atom. The highest BCUT2D eigenvalue weighted by Crippen LogP contribution is 2.29. The number of primary amides is 1. The quantitative estimate of drug-likeness (QED) is 0.0329. The van der Waals surface area contributed by atoms with Crippen LogP contribution in [0.25, 0.3) is 0 Å². The molecule has 0 radical (unpaired) electrons. The van der Waals surface area contributed by atoms with Gasteiger partial charge in [-0.1, -0.05) is 117 Å². The average molecular weight is 1090 g/mol. The number of imide groups is 1. The molecule has 2 aromatic rings. The number of hydrogen-bond acceptors (Lipinski definition) is 12. The van der Waals surface area contributed by atoms with Gasteiger partial charge in [0.25, 0.3) is 17.7 Å². The van der Waals surface area contributed by atoms with Crippen LogP contribution in [0.2, 0.25) is 0 Å². The molecule has 5 unspecified atom stereocenters. The number of likely N-dealkylation sites (N-methyl/N-ethyl adjacent to an activating group) is 2. The predicted octanol–water partition coefficient (Wildman–Crippen LogP) is 3.66. The zero-order chi connectivity index (χ0) is 58.0. The number of sulfonamides is 1. The Labute approximate surface area is 454 Å². The molecule has 22 heteroatoms. The van der Waals surface area contributed by atoms with Crippen molar-refractivity contribution in [2.45, 2.75) is 149 Å². The number of amides is 10. The highest BCUT2D eigenvalue weighted by molar-refractivity contribution is 7.89. The average Bonchev–Trinajstić information content (AvgIpc) is 3.66. The smallest absolute Gasteiger partial charge is 0.312 e. The van der Waals surface area contributed by atoms with Crippen LogP contribution in [0.3, 0.4) is 0 Å². The second-order valence-electron chi connectivity index (χ2n) is 21.8. The first-order chi connectivity index (χ1) is 35.9. The van der Waals surface area contributed by atoms with Gasteiger partial charge in [-0.3, -0.25) is 43.3 Å². The monoisotopic (exact) mass is 1090 g/mol. The zero-order valence-electron chi connectivity index (χ0n) is 46.7. The molecule has 10 amide bonds. The summed E-state index contributed by atoms with van der Waals surface area (Å²) in [5, 5.41) is 16.7. The predicted molar refractivity (Wildman–Crippen MR) is 295 cm³/mol. The number of nitrogens with two attached hydrogens (primary N) is 1. The third kappa shape index (κ3) is 19.9. The van der Waals surface area contributed by atoms with Crippen molar-refractivity contribution < 1.29 is 51.6 Å². The van der Waals surface area contributed by atoms with E-state index in [1.807, 2.05) is 78.8 Å². The number of urea groups is 1. The van der Waals surface area contributed by atoms with Crippen LogP contribution in [0.5, 0.6) is 0 Å². The second kappa shape index (κ2) is 29.0. The van der Waals surface area contributed by atoms with E-state index < -0.39 is 92.4 Å². The Balaban J connectivity index is 1.67. The number of carbonyl (C=O) groups is 9. The van der Waals surface area contributed by atoms with Crippen LogP contribution < -0.4 is 42.4 Å². The number of nitrogens with one attached hydrogen (secondary N) is 7. The lowest BCUT2D eigenvalue weighted by Gasteiger charge is -2.40. The molecule has 9 N–H and O–H groups in total. The minimum absolute atomic E-state index is 0.0353. The molecule has 0 aromatic heterocycles. The summed E-state index contributed by atoms with van der Waals surface area (Å²) >= 11 is 0. The molecule has 0 saturated heterocycles. The SMILES string of the molecule is CNC(C(=O)NC(C(=O)N(C)C(/C=C(\C)C(=O)NS(=O)(=O)Cc1ccc(NC(=O)C(CCCNC(N)=O)NC(=O)C(NC(=O)CCCCCN2C(=O)C=CC2=O)C(C)C)cc1)C(C)C)C(C)(C)C)C(C)(C)c1ccccc1. The van der Waals surface area contributed by atoms with Gasteiger partial charge in [0, 0.05) is 55.4 Å². The molecule has 5 atom stereocenters. The van der Waals surface area contributed by atoms with Crippen molar-refractivity contribution in [3.05, 3.63) is 89.5 Å². The first-order valence-electron chi connectivity index (χ1n) is 26.0. The van der Waals surface area contributed by atoms with Crippen molar-refractivity contribution in [3.8, 4) is 0 Å². The molecular weight excluding hydrogens is 1010 g/mol. The normalized spacial score (nSPS) is 15.0. The van der Waals surface area contributed by atoms with Gasteiger partial charge in [0.2, 0.25) is 39.6 Å². The number of rotatable bonds is 29. The van der Waals surface area contributed by atoms with Crippen LogP contribution in [0.15, 0.2) is 78.4 Å². The number of hydrogen-bond donors (Lipinski definition) is 8. The van der Waals surface area contributed by atoms with Crippen LogP contribution in [0, 0.1) is 17.3 Å². The fourth-order valence-corrected chi connectivity index (χ4v) is 9.91. The molecule has 1 heterocycles. The van der Waals surface area contributed by atoms with Crippen LogP contribution in [0.4, 0.5) is 10.5 Å². The van der Waals surface area contributed by atoms with Crippen molar-refractivity contribution >= 4 is 69.0 Å². The fourth-order valence-electron chi connectivity index (χ4n) is 8.77. The topological polar surface area (TPSA) is 304 Å². The summed E-state index contributed by atoms with van der Waals surface area (Å²) in [7, 11) is -1.01. The maximum absolute atomic E-state index is 14.4. The van der Waals surface area contributed by atoms with E-state index in [2.05, 4.69) is 36.6 Å². The molecule has 0 aliphatic carbocycles. The molecule has 0 bridgehead atoms. The first-order valence-corrected chi connectivity index (χ1v) is 27.6. The lowest BCUT2D eigenvalue weighted by molar-refractivity contribution is -0.141. The van der Waals surface area contributed by atoms with E-state index in [0.717, 1.165) is 10.5 Å². The molecule has 0 fully saturated rings. The van der Waals surface area contributed by atoms with E-state index in [0.29, 0.717) is 19.3 Å². The molecule has 3 rings (SSSR count). The number of nitrogens with zero attached hydrogens (tertiary/aromatic N) is 2. The minimum atomic E-state index is -4.29. The summed E-state index contributed by atoms with van der Waals surface area (Å²) < 4.78 is 28.9. The summed E-state index contributed by atoms with van der Waals surface area (Å²) in [5.74, 6) is -5.32. The summed E-state index contributed by atoms with van der Waals surface area (Å²) in [6.45, 7) is 18.4. The van der Waals surface area contributed by atoms with Crippen LogP contribution >= 0.6 is 0 Å². The van der Waals surface area contributed by atoms with E-state index in [1.54, 1.807) is 27.9 Å². The van der Waals surface area contributed by atoms with Gasteiger partial charge in [-0.25, -0.2) is 17.9 Å². The number of anilines is 1. The summed E-state index contributed by atoms with van der Waals surface area (Å²) in [6.07, 6.45) is 5.81. The Morgan fingerprint density at radius 2 is 1.36 bits per heavy atom. The Hall–Kier alpha value is -6.94. The molecule has 1 aliphatic rings. The van der Waals surface area contributed by atoms with Gasteiger partial charge in [-0.15, -0.1) is 0 Å². The third-order valence-electron chi connectivity index (χ3n) is 13.3. The van der Waals surface area contributed by atoms with Crippen molar-refractivity contribution in [2.75, 3.05) is 32.5 Å². The maximum Gasteiger partial charge on any atom is 0.312 e. The minimum Gasteiger partial charge on any atom is -0.352 e. The zero-order valence-corrected chi connectivity index (χ0v) is 47.5. The Bertz CT molecular complexity index is 2580. The van der Waals surface area contributed by atoms with Crippen molar-refractivity contribution in [3.63, 3.8) is 0 Å². The largest absolute Gasteiger partial charge is 0.352 e. The maximum atomic E-state index is 14.4. The molecular formula is C55H82N10O11S. The Morgan fingerprint density at radius 3 is 1.91 bits per heavy atom. The number of benzene rings is 2. The van der Waals surface area contributed by atoms with Crippen LogP contribution in [-0.2, 0) is 59.5 Å². The number of unbranched alkanes of at least 4 members (excludes halogenated alkanes) is 2. The van der Waals surface area contributed by atoms with Gasteiger partial charge in [-0.2, -0.15) is 0 Å². The molecule has 2 aromatic carbocycles. The lowest BCUT2D eigenvalue weighted by atomic mass is 9.76. The van der Waals surface area contributed by atoms with E-state index >= 15 is 0 Å². The molecule has 77 heavy (non-hydrogen) atoms. The van der Waals surface area contributed by atoms with Gasteiger partial charge in [-0.05, 0) is 80.2 Å². The molecule has 1 aliphatic heterocycles. The van der Waals surface area contributed by atoms with Crippen molar-refractivity contribution in [1.29, 1.82) is 0 Å². The van der Waals surface area contributed by atoms with Crippen LogP contribution in [-0.4, -0.2) is 129 Å². The third-order valence-corrected chi connectivity index (χ3v) is 14.5. The van der Waals surface area contributed by atoms with Gasteiger partial charge in [0.15, 0.2) is 0 Å². The summed E-state index contributed by atoms with van der Waals surface area (Å²) in [4.78, 5) is 120. The van der Waals surface area contributed by atoms with Crippen molar-refractivity contribution in [1.82, 2.24) is 41.1 Å². The van der Waals surface area contributed by atoms with Crippen molar-refractivity contribution in [2.24, 2.45) is 23.0 Å². The Kier molecular flexibility index (Phi) is 24.2. The molecule has 0 spiro atoms. The van der Waals surface area contributed by atoms with E-state index in [1.165, 1.54) is 54.3 Å². The standard InChI is InChI=1S/C55H82N10O11S/c1-34(2)41(64(12)52(73)47(54(6,7)8)62-51(72)46(57-11)55(9,10)38-20-15-13-16-21-38)32-36(5)48(69)63-77(75,76)33-37-24-26-39(27-25-37)59-49(70)40(22-19-30-58-53(56)74)60-50(71)45(35(3)4)61-42(66)23-17-14-18-31-65-43(67)28-29-44(65)68/h13,15-16,20-21,24-29,32,34-35,40-41,45-47,57H,14,17-19,22-23,30-31,33H2,1-12H3,(H,59,70)(H,60,71)(H,61,66)(H,62,72)(H,63,69)(H3,56,58,74)/b36-32+. The van der Waals surface area contributed by atoms with Gasteiger partial charge >= 0.3 is 6.03 Å². The molecule has 0 saturated carbocycles. The van der Waals surface area contributed by atoms with E-state index in [9.17, 15) is 51.6 Å². The highest BCUT2D eigenvalue weighted by Gasteiger charge is 2.42. The highest BCUT2D eigenvalue weighted by atomic mass is 32.2. The van der Waals surface area contributed by atoms with E-state index in [-0.39, 0.29) is 78.7 Å². The fraction of sp³-hybridized carbons (Fsp3) is 0.545. The second-order valence-corrected chi connectivity index (χ2v) is 23.5. The van der Waals surface area contributed by atoms with Gasteiger partial charge in [0.05, 0.1) is 17.8 Å². The summed E-state index contributed by atoms with van der Waals surface area (Å²) in [6, 6.07) is 10.1. The molecule has 21 nitrogen and oxygen atoms in total. The summed E-state index contributed by atoms with van der Waals surface area (Å²) in [5.41, 5.74) is 5.31. The number of carbonyl (C=O) groups excluding carboxylic acids is 9. The van der Waals surface area contributed by atoms with Gasteiger partial charge < -0.3 is 42.5 Å². The lowest BCUT2D eigenvalue weighted by Crippen LogP contribution is -2.61.